The van der Waals surface area contributed by atoms with Gasteiger partial charge >= 0.3 is 6.02 Å². The normalized spacial score (nSPS) is 14.6. The topological polar surface area (TPSA) is 54.1 Å². The molecule has 0 atom stereocenters. The molecule has 0 bridgehead atoms. The third-order valence-electron chi connectivity index (χ3n) is 2.45. The fraction of sp³-hybridized carbons (Fsp3) is 0.364. The molecule has 6 heteroatoms. The summed E-state index contributed by atoms with van der Waals surface area (Å²) >= 11 is 3.46. The Bertz CT molecular complexity index is 447. The van der Waals surface area contributed by atoms with Crippen molar-refractivity contribution in [2.45, 2.75) is 6.54 Å². The lowest BCUT2D eigenvalue weighted by Crippen LogP contribution is -2.27. The molecule has 1 aliphatic rings. The minimum Gasteiger partial charge on any atom is -0.338 e. The van der Waals surface area contributed by atoms with Gasteiger partial charge in [0, 0.05) is 25.1 Å². The van der Waals surface area contributed by atoms with E-state index in [9.17, 15) is 0 Å². The van der Waals surface area contributed by atoms with Crippen LogP contribution in [-0.4, -0.2) is 31.7 Å². The number of hydrogen-bond donors (Lipinski definition) is 1. The van der Waals surface area contributed by atoms with Crippen LogP contribution in [0.1, 0.15) is 5.56 Å². The fourth-order valence-corrected chi connectivity index (χ4v) is 1.92. The number of nitrogens with two attached hydrogens (primary N) is 1. The number of nitrogens with zero attached hydrogens (tertiary/aromatic N) is 3. The summed E-state index contributed by atoms with van der Waals surface area (Å²) in [7, 11) is 3.80. The van der Waals surface area contributed by atoms with Gasteiger partial charge in [-0.25, -0.2) is 4.99 Å². The van der Waals surface area contributed by atoms with Crippen LogP contribution in [0.3, 0.4) is 0 Å². The molecule has 0 spiro atoms. The number of halogens is 1. The van der Waals surface area contributed by atoms with E-state index in [1.165, 1.54) is 0 Å². The summed E-state index contributed by atoms with van der Waals surface area (Å²) in [6.07, 6.45) is 0. The molecule has 92 valence electrons. The lowest BCUT2D eigenvalue weighted by molar-refractivity contribution is 0.259. The first-order valence-corrected chi connectivity index (χ1v) is 6.07. The van der Waals surface area contributed by atoms with Gasteiger partial charge in [-0.2, -0.15) is 5.06 Å². The highest BCUT2D eigenvalue weighted by Gasteiger charge is 2.19. The summed E-state index contributed by atoms with van der Waals surface area (Å²) in [4.78, 5) is 11.7. The van der Waals surface area contributed by atoms with Crippen LogP contribution in [0.2, 0.25) is 0 Å². The Kier molecular flexibility index (Phi) is 3.54. The molecule has 0 aromatic heterocycles. The lowest BCUT2D eigenvalue weighted by atomic mass is 10.2. The van der Waals surface area contributed by atoms with Gasteiger partial charge in [0.1, 0.15) is 0 Å². The molecule has 2 N–H and O–H groups in total. The molecule has 0 radical (unpaired) electrons. The summed E-state index contributed by atoms with van der Waals surface area (Å²) < 4.78 is 1.01. The Morgan fingerprint density at radius 1 is 1.53 bits per heavy atom. The summed E-state index contributed by atoms with van der Waals surface area (Å²) in [5.41, 5.74) is 7.67. The van der Waals surface area contributed by atoms with E-state index in [1.807, 2.05) is 37.2 Å². The minimum atomic E-state index is 0.490. The number of amidine groups is 1. The summed E-state index contributed by atoms with van der Waals surface area (Å²) in [5.74, 6) is 0. The van der Waals surface area contributed by atoms with Crippen molar-refractivity contribution >= 4 is 27.6 Å². The second-order valence-electron chi connectivity index (χ2n) is 3.93. The van der Waals surface area contributed by atoms with E-state index >= 15 is 0 Å². The number of rotatable bonds is 2. The number of hydroxylamine groups is 1. The molecular formula is C11H15BrN4O. The summed E-state index contributed by atoms with van der Waals surface area (Å²) in [5, 5.41) is 1.74. The van der Waals surface area contributed by atoms with Gasteiger partial charge in [0.05, 0.1) is 5.69 Å². The van der Waals surface area contributed by atoms with Crippen LogP contribution in [0, 0.1) is 0 Å². The van der Waals surface area contributed by atoms with Crippen molar-refractivity contribution in [2.75, 3.05) is 25.8 Å². The van der Waals surface area contributed by atoms with Crippen LogP contribution >= 0.6 is 15.9 Å². The van der Waals surface area contributed by atoms with Crippen molar-refractivity contribution in [3.63, 3.8) is 0 Å². The number of aliphatic imine (C=N–C) groups is 1. The Morgan fingerprint density at radius 3 is 2.88 bits per heavy atom. The van der Waals surface area contributed by atoms with E-state index in [1.54, 1.807) is 5.06 Å². The molecule has 1 aliphatic heterocycles. The number of hydrogen-bond acceptors (Lipinski definition) is 5. The Labute approximate surface area is 109 Å². The smallest absolute Gasteiger partial charge is 0.316 e. The first-order valence-electron chi connectivity index (χ1n) is 5.27. The fourth-order valence-electron chi connectivity index (χ4n) is 1.51. The van der Waals surface area contributed by atoms with Crippen LogP contribution in [0.5, 0.6) is 0 Å². The Hall–Kier alpha value is -1.27. The molecule has 5 nitrogen and oxygen atoms in total. The number of anilines is 1. The third-order valence-corrected chi connectivity index (χ3v) is 3.22. The van der Waals surface area contributed by atoms with Crippen molar-refractivity contribution in [2.24, 2.45) is 10.7 Å². The van der Waals surface area contributed by atoms with Gasteiger partial charge in [-0.3, -0.25) is 0 Å². The molecule has 0 fully saturated rings. The summed E-state index contributed by atoms with van der Waals surface area (Å²) in [6.45, 7) is 0.989. The van der Waals surface area contributed by atoms with E-state index in [2.05, 4.69) is 20.9 Å². The maximum Gasteiger partial charge on any atom is 0.316 e. The quantitative estimate of drug-likeness (QED) is 0.900. The highest BCUT2D eigenvalue weighted by molar-refractivity contribution is 9.10. The first-order chi connectivity index (χ1) is 8.11. The van der Waals surface area contributed by atoms with Gasteiger partial charge in [-0.15, -0.1) is 0 Å². The lowest BCUT2D eigenvalue weighted by Gasteiger charge is -2.19. The second kappa shape index (κ2) is 4.93. The zero-order chi connectivity index (χ0) is 12.4. The van der Waals surface area contributed by atoms with Gasteiger partial charge < -0.3 is 15.5 Å². The predicted molar refractivity (Wildman–Crippen MR) is 71.6 cm³/mol. The molecule has 0 aliphatic carbocycles. The zero-order valence-corrected chi connectivity index (χ0v) is 11.4. The average Bonchev–Trinajstić information content (AvgIpc) is 2.79. The molecule has 0 saturated heterocycles. The average molecular weight is 299 g/mol. The van der Waals surface area contributed by atoms with Crippen molar-refractivity contribution < 1.29 is 4.84 Å². The number of benzene rings is 1. The molecule has 0 unspecified atom stereocenters. The van der Waals surface area contributed by atoms with Gasteiger partial charge in [0.25, 0.3) is 0 Å². The molecule has 2 rings (SSSR count). The first kappa shape index (κ1) is 12.2. The Morgan fingerprint density at radius 2 is 2.29 bits per heavy atom. The van der Waals surface area contributed by atoms with E-state index in [-0.39, 0.29) is 0 Å². The molecular weight excluding hydrogens is 284 g/mol. The molecule has 0 amide bonds. The molecule has 1 aromatic rings. The van der Waals surface area contributed by atoms with E-state index in [4.69, 9.17) is 10.6 Å². The van der Waals surface area contributed by atoms with E-state index in [0.29, 0.717) is 19.2 Å². The van der Waals surface area contributed by atoms with Crippen LogP contribution in [0.25, 0.3) is 0 Å². The van der Waals surface area contributed by atoms with Crippen molar-refractivity contribution in [1.82, 2.24) is 4.90 Å². The van der Waals surface area contributed by atoms with Crippen LogP contribution in [0.15, 0.2) is 27.7 Å². The SMILES string of the molecule is CN(C)C1=NCN(c2ccc(Br)c(CN)c2)O1. The van der Waals surface area contributed by atoms with E-state index < -0.39 is 0 Å². The van der Waals surface area contributed by atoms with Crippen molar-refractivity contribution in [1.29, 1.82) is 0 Å². The van der Waals surface area contributed by atoms with Crippen LogP contribution < -0.4 is 10.8 Å². The second-order valence-corrected chi connectivity index (χ2v) is 4.78. The highest BCUT2D eigenvalue weighted by atomic mass is 79.9. The van der Waals surface area contributed by atoms with Crippen LogP contribution in [0.4, 0.5) is 5.69 Å². The van der Waals surface area contributed by atoms with Crippen molar-refractivity contribution in [3.8, 4) is 0 Å². The van der Waals surface area contributed by atoms with Gasteiger partial charge in [-0.05, 0) is 23.8 Å². The maximum atomic E-state index is 5.67. The van der Waals surface area contributed by atoms with E-state index in [0.717, 1.165) is 15.7 Å². The van der Waals surface area contributed by atoms with Gasteiger partial charge in [-0.1, -0.05) is 15.9 Å². The molecule has 0 saturated carbocycles. The standard InChI is InChI=1S/C11H15BrN4O/c1-15(2)11-14-7-16(17-11)9-3-4-10(12)8(5-9)6-13/h3-5H,6-7,13H2,1-2H3. The molecule has 17 heavy (non-hydrogen) atoms. The monoisotopic (exact) mass is 298 g/mol. The third kappa shape index (κ3) is 2.53. The summed E-state index contributed by atoms with van der Waals surface area (Å²) in [6, 6.07) is 6.55. The maximum absolute atomic E-state index is 5.67. The van der Waals surface area contributed by atoms with Crippen LogP contribution in [-0.2, 0) is 11.4 Å². The highest BCUT2D eigenvalue weighted by Crippen LogP contribution is 2.25. The molecule has 1 aromatic carbocycles. The minimum absolute atomic E-state index is 0.490. The largest absolute Gasteiger partial charge is 0.338 e. The van der Waals surface area contributed by atoms with Gasteiger partial charge in [0.2, 0.25) is 0 Å². The zero-order valence-electron chi connectivity index (χ0n) is 9.85. The Balaban J connectivity index is 2.15. The molecule has 1 heterocycles. The van der Waals surface area contributed by atoms with Gasteiger partial charge in [0.15, 0.2) is 6.67 Å². The predicted octanol–water partition coefficient (Wildman–Crippen LogP) is 1.53. The van der Waals surface area contributed by atoms with Crippen molar-refractivity contribution in [3.05, 3.63) is 28.2 Å².